The number of hydrogen-bond donors (Lipinski definition) is 0. The van der Waals surface area contributed by atoms with Crippen molar-refractivity contribution in [3.8, 4) is 0 Å². The number of thiazole rings is 1. The van der Waals surface area contributed by atoms with Gasteiger partial charge in [0.15, 0.2) is 0 Å². The van der Waals surface area contributed by atoms with E-state index in [2.05, 4.69) is 4.98 Å². The Kier molecular flexibility index (Phi) is 3.96. The van der Waals surface area contributed by atoms with Crippen LogP contribution in [0.25, 0.3) is 6.08 Å². The standard InChI is InChI=1S/C10H14N2O2S/c1-7(2)4-9(12(13)14)5-10-8(3)11-6-15-10/h5-7H,4H2,1-3H3. The number of allylic oxidation sites excluding steroid dienone is 1. The summed E-state index contributed by atoms with van der Waals surface area (Å²) in [5.74, 6) is 0.287. The summed E-state index contributed by atoms with van der Waals surface area (Å²) in [6, 6.07) is 0. The quantitative estimate of drug-likeness (QED) is 0.585. The smallest absolute Gasteiger partial charge is 0.247 e. The van der Waals surface area contributed by atoms with Gasteiger partial charge in [0, 0.05) is 12.5 Å². The fourth-order valence-electron chi connectivity index (χ4n) is 1.21. The SMILES string of the molecule is Cc1ncsc1C=C(CC(C)C)[N+](=O)[O-]. The summed E-state index contributed by atoms with van der Waals surface area (Å²) >= 11 is 1.43. The molecule has 0 aliphatic heterocycles. The van der Waals surface area contributed by atoms with Gasteiger partial charge in [-0.15, -0.1) is 11.3 Å². The van der Waals surface area contributed by atoms with Crippen molar-refractivity contribution in [2.75, 3.05) is 0 Å². The molecule has 0 aliphatic carbocycles. The number of nitrogens with zero attached hydrogens (tertiary/aromatic N) is 2. The van der Waals surface area contributed by atoms with E-state index in [-0.39, 0.29) is 16.5 Å². The van der Waals surface area contributed by atoms with Crippen LogP contribution in [0, 0.1) is 23.0 Å². The minimum absolute atomic E-state index is 0.261. The maximum Gasteiger partial charge on any atom is 0.247 e. The van der Waals surface area contributed by atoms with E-state index in [1.165, 1.54) is 11.3 Å². The van der Waals surface area contributed by atoms with Crippen LogP contribution in [0.15, 0.2) is 11.2 Å². The molecule has 1 aromatic heterocycles. The first-order valence-corrected chi connectivity index (χ1v) is 5.63. The number of rotatable bonds is 4. The topological polar surface area (TPSA) is 56.0 Å². The second-order valence-corrected chi connectivity index (χ2v) is 4.68. The van der Waals surface area contributed by atoms with Crippen LogP contribution in [-0.2, 0) is 0 Å². The van der Waals surface area contributed by atoms with E-state index in [1.54, 1.807) is 11.6 Å². The molecule has 0 amide bonds. The number of hydrogen-bond acceptors (Lipinski definition) is 4. The first-order chi connectivity index (χ1) is 7.00. The fraction of sp³-hybridized carbons (Fsp3) is 0.500. The average molecular weight is 226 g/mol. The molecule has 1 heterocycles. The van der Waals surface area contributed by atoms with E-state index in [0.717, 1.165) is 10.6 Å². The molecule has 0 fully saturated rings. The predicted molar refractivity (Wildman–Crippen MR) is 61.3 cm³/mol. The Morgan fingerprint density at radius 2 is 2.40 bits per heavy atom. The highest BCUT2D eigenvalue weighted by Gasteiger charge is 2.14. The van der Waals surface area contributed by atoms with Gasteiger partial charge in [-0.2, -0.15) is 0 Å². The monoisotopic (exact) mass is 226 g/mol. The minimum Gasteiger partial charge on any atom is -0.259 e. The zero-order valence-corrected chi connectivity index (χ0v) is 9.87. The molecule has 0 bridgehead atoms. The van der Waals surface area contributed by atoms with E-state index in [1.807, 2.05) is 20.8 Å². The van der Waals surface area contributed by atoms with Crippen LogP contribution >= 0.6 is 11.3 Å². The zero-order chi connectivity index (χ0) is 11.4. The van der Waals surface area contributed by atoms with Gasteiger partial charge in [0.1, 0.15) is 0 Å². The molecular formula is C10H14N2O2S. The molecule has 0 saturated heterocycles. The Morgan fingerprint density at radius 3 is 2.80 bits per heavy atom. The van der Waals surface area contributed by atoms with Crippen molar-refractivity contribution in [1.29, 1.82) is 0 Å². The molecule has 5 heteroatoms. The maximum absolute atomic E-state index is 10.8. The van der Waals surface area contributed by atoms with Gasteiger partial charge in [0.2, 0.25) is 5.70 Å². The Morgan fingerprint density at radius 1 is 1.73 bits per heavy atom. The Hall–Kier alpha value is -1.23. The second-order valence-electron chi connectivity index (χ2n) is 3.79. The Bertz CT molecular complexity index is 383. The third-order valence-corrected chi connectivity index (χ3v) is 2.81. The summed E-state index contributed by atoms with van der Waals surface area (Å²) in [5, 5.41) is 10.8. The summed E-state index contributed by atoms with van der Waals surface area (Å²) < 4.78 is 0. The molecule has 0 N–H and O–H groups in total. The lowest BCUT2D eigenvalue weighted by atomic mass is 10.1. The molecule has 0 spiro atoms. The van der Waals surface area contributed by atoms with Crippen LogP contribution < -0.4 is 0 Å². The van der Waals surface area contributed by atoms with Crippen molar-refractivity contribution in [3.05, 3.63) is 31.9 Å². The van der Waals surface area contributed by atoms with Gasteiger partial charge in [-0.1, -0.05) is 13.8 Å². The maximum atomic E-state index is 10.8. The summed E-state index contributed by atoms with van der Waals surface area (Å²) in [6.07, 6.45) is 2.12. The predicted octanol–water partition coefficient (Wildman–Crippen LogP) is 3.12. The molecule has 0 saturated carbocycles. The molecule has 1 aromatic rings. The van der Waals surface area contributed by atoms with Gasteiger partial charge < -0.3 is 0 Å². The largest absolute Gasteiger partial charge is 0.259 e. The molecule has 1 rings (SSSR count). The lowest BCUT2D eigenvalue weighted by molar-refractivity contribution is -0.427. The van der Waals surface area contributed by atoms with Crippen molar-refractivity contribution in [2.24, 2.45) is 5.92 Å². The second kappa shape index (κ2) is 5.02. The average Bonchev–Trinajstić information content (AvgIpc) is 2.50. The molecular weight excluding hydrogens is 212 g/mol. The number of nitro groups is 1. The normalized spacial score (nSPS) is 12.1. The van der Waals surface area contributed by atoms with Gasteiger partial charge in [-0.3, -0.25) is 10.1 Å². The molecule has 15 heavy (non-hydrogen) atoms. The highest BCUT2D eigenvalue weighted by Crippen LogP contribution is 2.20. The van der Waals surface area contributed by atoms with Crippen LogP contribution in [-0.4, -0.2) is 9.91 Å². The van der Waals surface area contributed by atoms with E-state index >= 15 is 0 Å². The van der Waals surface area contributed by atoms with Crippen LogP contribution in [0.1, 0.15) is 30.8 Å². The third-order valence-electron chi connectivity index (χ3n) is 1.93. The van der Waals surface area contributed by atoms with E-state index in [4.69, 9.17) is 0 Å². The van der Waals surface area contributed by atoms with Crippen LogP contribution in [0.3, 0.4) is 0 Å². The van der Waals surface area contributed by atoms with Crippen molar-refractivity contribution in [1.82, 2.24) is 4.98 Å². The molecule has 0 atom stereocenters. The summed E-state index contributed by atoms with van der Waals surface area (Å²) in [4.78, 5) is 15.4. The van der Waals surface area contributed by atoms with Gasteiger partial charge in [0.25, 0.3) is 0 Å². The first-order valence-electron chi connectivity index (χ1n) is 4.75. The van der Waals surface area contributed by atoms with Crippen LogP contribution in [0.4, 0.5) is 0 Å². The molecule has 4 nitrogen and oxygen atoms in total. The number of aryl methyl sites for hydroxylation is 1. The van der Waals surface area contributed by atoms with Gasteiger partial charge in [-0.25, -0.2) is 4.98 Å². The van der Waals surface area contributed by atoms with Crippen LogP contribution in [0.5, 0.6) is 0 Å². The van der Waals surface area contributed by atoms with Crippen molar-refractivity contribution >= 4 is 17.4 Å². The first kappa shape index (κ1) is 11.8. The minimum atomic E-state index is -0.306. The van der Waals surface area contributed by atoms with Gasteiger partial charge >= 0.3 is 0 Å². The molecule has 0 aromatic carbocycles. The van der Waals surface area contributed by atoms with E-state index < -0.39 is 0 Å². The summed E-state index contributed by atoms with van der Waals surface area (Å²) in [6.45, 7) is 5.79. The van der Waals surface area contributed by atoms with Crippen LogP contribution in [0.2, 0.25) is 0 Å². The zero-order valence-electron chi connectivity index (χ0n) is 9.06. The molecule has 0 aliphatic rings. The summed E-state index contributed by atoms with van der Waals surface area (Å²) in [7, 11) is 0. The number of aromatic nitrogens is 1. The Labute approximate surface area is 92.8 Å². The summed E-state index contributed by atoms with van der Waals surface area (Å²) in [5.41, 5.74) is 2.81. The third kappa shape index (κ3) is 3.43. The lowest BCUT2D eigenvalue weighted by Crippen LogP contribution is -2.02. The van der Waals surface area contributed by atoms with E-state index in [0.29, 0.717) is 6.42 Å². The molecule has 0 unspecified atom stereocenters. The van der Waals surface area contributed by atoms with Crippen molar-refractivity contribution in [2.45, 2.75) is 27.2 Å². The van der Waals surface area contributed by atoms with E-state index in [9.17, 15) is 10.1 Å². The Balaban J connectivity index is 2.94. The molecule has 0 radical (unpaired) electrons. The van der Waals surface area contributed by atoms with Gasteiger partial charge in [0.05, 0.1) is 21.0 Å². The highest BCUT2D eigenvalue weighted by atomic mass is 32.1. The van der Waals surface area contributed by atoms with Crippen molar-refractivity contribution in [3.63, 3.8) is 0 Å². The van der Waals surface area contributed by atoms with Crippen molar-refractivity contribution < 1.29 is 4.92 Å². The highest BCUT2D eigenvalue weighted by molar-refractivity contribution is 7.10. The molecule has 82 valence electrons. The van der Waals surface area contributed by atoms with Gasteiger partial charge in [-0.05, 0) is 12.8 Å². The fourth-order valence-corrected chi connectivity index (χ4v) is 1.96. The lowest BCUT2D eigenvalue weighted by Gasteiger charge is -2.01.